The van der Waals surface area contributed by atoms with Gasteiger partial charge in [-0.3, -0.25) is 4.79 Å². The SMILES string of the molecule is Cc1ccc(F)cc1C(=O)COCC(F)(F)F. The van der Waals surface area contributed by atoms with E-state index >= 15 is 0 Å². The summed E-state index contributed by atoms with van der Waals surface area (Å²) in [6, 6.07) is 3.53. The number of carbonyl (C=O) groups excluding carboxylic acids is 1. The summed E-state index contributed by atoms with van der Waals surface area (Å²) in [5.74, 6) is -1.29. The average Bonchev–Trinajstić information content (AvgIpc) is 2.19. The predicted molar refractivity (Wildman–Crippen MR) is 52.3 cm³/mol. The van der Waals surface area contributed by atoms with Crippen LogP contribution in [0.25, 0.3) is 0 Å². The highest BCUT2D eigenvalue weighted by Crippen LogP contribution is 2.15. The number of Topliss-reactive ketones (excluding diaryl/α,β-unsaturated/α-hetero) is 1. The molecule has 0 bridgehead atoms. The summed E-state index contributed by atoms with van der Waals surface area (Å²) in [7, 11) is 0. The van der Waals surface area contributed by atoms with Crippen molar-refractivity contribution < 1.29 is 27.1 Å². The minimum atomic E-state index is -4.47. The van der Waals surface area contributed by atoms with Gasteiger partial charge in [-0.1, -0.05) is 6.07 Å². The number of halogens is 4. The van der Waals surface area contributed by atoms with E-state index in [-0.39, 0.29) is 5.56 Å². The van der Waals surface area contributed by atoms with E-state index in [0.29, 0.717) is 5.56 Å². The molecule has 0 N–H and O–H groups in total. The van der Waals surface area contributed by atoms with Gasteiger partial charge in [0, 0.05) is 5.56 Å². The topological polar surface area (TPSA) is 26.3 Å². The maximum Gasteiger partial charge on any atom is 0.411 e. The monoisotopic (exact) mass is 250 g/mol. The number of carbonyl (C=O) groups is 1. The van der Waals surface area contributed by atoms with E-state index in [4.69, 9.17) is 0 Å². The first-order valence-corrected chi connectivity index (χ1v) is 4.73. The van der Waals surface area contributed by atoms with E-state index in [1.165, 1.54) is 12.1 Å². The molecule has 0 atom stereocenters. The zero-order valence-corrected chi connectivity index (χ0v) is 8.97. The number of ether oxygens (including phenoxy) is 1. The standard InChI is InChI=1S/C11H10F4O2/c1-7-2-3-8(12)4-9(7)10(16)5-17-6-11(13,14)15/h2-4H,5-6H2,1H3. The summed E-state index contributed by atoms with van der Waals surface area (Å²) >= 11 is 0. The van der Waals surface area contributed by atoms with E-state index < -0.39 is 31.0 Å². The van der Waals surface area contributed by atoms with Crippen LogP contribution in [-0.4, -0.2) is 25.2 Å². The molecule has 94 valence electrons. The molecule has 0 aromatic heterocycles. The first kappa shape index (κ1) is 13.6. The number of benzene rings is 1. The Bertz CT molecular complexity index is 412. The van der Waals surface area contributed by atoms with E-state index in [9.17, 15) is 22.4 Å². The minimum absolute atomic E-state index is 0.0344. The fourth-order valence-electron chi connectivity index (χ4n) is 1.23. The van der Waals surface area contributed by atoms with Gasteiger partial charge < -0.3 is 4.74 Å². The van der Waals surface area contributed by atoms with Gasteiger partial charge in [-0.25, -0.2) is 4.39 Å². The second-order valence-electron chi connectivity index (χ2n) is 3.49. The van der Waals surface area contributed by atoms with Crippen molar-refractivity contribution in [3.05, 3.63) is 35.1 Å². The van der Waals surface area contributed by atoms with Gasteiger partial charge in [-0.2, -0.15) is 13.2 Å². The molecule has 1 rings (SSSR count). The van der Waals surface area contributed by atoms with E-state index in [2.05, 4.69) is 4.74 Å². The quantitative estimate of drug-likeness (QED) is 0.606. The molecule has 0 heterocycles. The number of alkyl halides is 3. The van der Waals surface area contributed by atoms with Crippen LogP contribution < -0.4 is 0 Å². The lowest BCUT2D eigenvalue weighted by Gasteiger charge is -2.08. The highest BCUT2D eigenvalue weighted by molar-refractivity contribution is 5.98. The number of rotatable bonds is 4. The Morgan fingerprint density at radius 2 is 2.00 bits per heavy atom. The van der Waals surface area contributed by atoms with Crippen LogP contribution in [0.5, 0.6) is 0 Å². The molecule has 0 fully saturated rings. The maximum atomic E-state index is 12.8. The molecule has 6 heteroatoms. The fourth-order valence-corrected chi connectivity index (χ4v) is 1.23. The fraction of sp³-hybridized carbons (Fsp3) is 0.364. The second kappa shape index (κ2) is 5.27. The van der Waals surface area contributed by atoms with Crippen LogP contribution in [-0.2, 0) is 4.74 Å². The molecule has 2 nitrogen and oxygen atoms in total. The van der Waals surface area contributed by atoms with Crippen molar-refractivity contribution in [3.63, 3.8) is 0 Å². The molecular formula is C11H10F4O2. The third-order valence-electron chi connectivity index (χ3n) is 2.00. The smallest absolute Gasteiger partial charge is 0.364 e. The second-order valence-corrected chi connectivity index (χ2v) is 3.49. The largest absolute Gasteiger partial charge is 0.411 e. The molecule has 1 aromatic rings. The van der Waals surface area contributed by atoms with Crippen LogP contribution >= 0.6 is 0 Å². The summed E-state index contributed by atoms with van der Waals surface area (Å²) in [5, 5.41) is 0. The Morgan fingerprint density at radius 1 is 1.35 bits per heavy atom. The van der Waals surface area contributed by atoms with Crippen molar-refractivity contribution in [3.8, 4) is 0 Å². The van der Waals surface area contributed by atoms with Gasteiger partial charge >= 0.3 is 6.18 Å². The van der Waals surface area contributed by atoms with Crippen LogP contribution in [0.1, 0.15) is 15.9 Å². The molecule has 1 aromatic carbocycles. The lowest BCUT2D eigenvalue weighted by molar-refractivity contribution is -0.170. The number of ketones is 1. The Morgan fingerprint density at radius 3 is 2.59 bits per heavy atom. The number of aryl methyl sites for hydroxylation is 1. The molecule has 0 saturated carbocycles. The number of hydrogen-bond acceptors (Lipinski definition) is 2. The molecular weight excluding hydrogens is 240 g/mol. The van der Waals surface area contributed by atoms with Crippen molar-refractivity contribution in [2.24, 2.45) is 0 Å². The molecule has 0 saturated heterocycles. The van der Waals surface area contributed by atoms with Crippen molar-refractivity contribution >= 4 is 5.78 Å². The summed E-state index contributed by atoms with van der Waals surface area (Å²) < 4.78 is 52.3. The zero-order chi connectivity index (χ0) is 13.1. The van der Waals surface area contributed by atoms with Gasteiger partial charge in [-0.05, 0) is 24.6 Å². The van der Waals surface area contributed by atoms with Crippen molar-refractivity contribution in [1.82, 2.24) is 0 Å². The third-order valence-corrected chi connectivity index (χ3v) is 2.00. The van der Waals surface area contributed by atoms with Crippen molar-refractivity contribution in [2.45, 2.75) is 13.1 Å². The molecule has 0 amide bonds. The summed E-state index contributed by atoms with van der Waals surface area (Å²) in [6.07, 6.45) is -4.47. The highest BCUT2D eigenvalue weighted by Gasteiger charge is 2.28. The Hall–Kier alpha value is -1.43. The van der Waals surface area contributed by atoms with Crippen LogP contribution in [0.15, 0.2) is 18.2 Å². The van der Waals surface area contributed by atoms with Gasteiger partial charge in [0.15, 0.2) is 5.78 Å². The molecule has 0 aliphatic carbocycles. The molecule has 0 spiro atoms. The minimum Gasteiger partial charge on any atom is -0.364 e. The first-order chi connectivity index (χ1) is 7.79. The van der Waals surface area contributed by atoms with Gasteiger partial charge in [0.25, 0.3) is 0 Å². The molecule has 17 heavy (non-hydrogen) atoms. The first-order valence-electron chi connectivity index (χ1n) is 4.73. The van der Waals surface area contributed by atoms with E-state index in [1.807, 2.05) is 0 Å². The number of hydrogen-bond donors (Lipinski definition) is 0. The molecule has 0 radical (unpaired) electrons. The lowest BCUT2D eigenvalue weighted by Crippen LogP contribution is -2.20. The molecule has 0 unspecified atom stereocenters. The van der Waals surface area contributed by atoms with Crippen LogP contribution in [0, 0.1) is 12.7 Å². The molecule has 0 aliphatic rings. The van der Waals surface area contributed by atoms with Crippen LogP contribution in [0.4, 0.5) is 17.6 Å². The summed E-state index contributed by atoms with van der Waals surface area (Å²) in [6.45, 7) is -0.645. The van der Waals surface area contributed by atoms with Crippen LogP contribution in [0.3, 0.4) is 0 Å². The van der Waals surface area contributed by atoms with Gasteiger partial charge in [0.05, 0.1) is 0 Å². The van der Waals surface area contributed by atoms with Crippen molar-refractivity contribution in [1.29, 1.82) is 0 Å². The normalized spacial score (nSPS) is 11.6. The summed E-state index contributed by atoms with van der Waals surface area (Å²) in [5.41, 5.74) is 0.527. The van der Waals surface area contributed by atoms with Crippen LogP contribution in [0.2, 0.25) is 0 Å². The maximum absolute atomic E-state index is 12.8. The van der Waals surface area contributed by atoms with Gasteiger partial charge in [0.1, 0.15) is 19.0 Å². The lowest BCUT2D eigenvalue weighted by atomic mass is 10.1. The Kier molecular flexibility index (Phi) is 4.22. The van der Waals surface area contributed by atoms with E-state index in [0.717, 1.165) is 6.07 Å². The van der Waals surface area contributed by atoms with Gasteiger partial charge in [-0.15, -0.1) is 0 Å². The summed E-state index contributed by atoms with van der Waals surface area (Å²) in [4.78, 5) is 11.4. The molecule has 0 aliphatic heterocycles. The highest BCUT2D eigenvalue weighted by atomic mass is 19.4. The van der Waals surface area contributed by atoms with Gasteiger partial charge in [0.2, 0.25) is 0 Å². The Labute approximate surface area is 95.2 Å². The average molecular weight is 250 g/mol. The zero-order valence-electron chi connectivity index (χ0n) is 8.97. The van der Waals surface area contributed by atoms with Crippen molar-refractivity contribution in [2.75, 3.05) is 13.2 Å². The van der Waals surface area contributed by atoms with E-state index in [1.54, 1.807) is 6.92 Å². The Balaban J connectivity index is 2.61. The predicted octanol–water partition coefficient (Wildman–Crippen LogP) is 2.90. The third kappa shape index (κ3) is 4.52.